The lowest BCUT2D eigenvalue weighted by Crippen LogP contribution is -2.51. The maximum atomic E-state index is 11.2. The van der Waals surface area contributed by atoms with Crippen molar-refractivity contribution in [2.45, 2.75) is 24.8 Å². The van der Waals surface area contributed by atoms with Gasteiger partial charge in [-0.15, -0.1) is 12.4 Å². The number of hydrogen-bond acceptors (Lipinski definition) is 4. The predicted molar refractivity (Wildman–Crippen MR) is 54.3 cm³/mol. The number of carboxylic acids is 1. The summed E-state index contributed by atoms with van der Waals surface area (Å²) in [5, 5.41) is 8.53. The molecule has 1 saturated heterocycles. The lowest BCUT2D eigenvalue weighted by molar-refractivity contribution is -0.138. The fourth-order valence-corrected chi connectivity index (χ4v) is 3.52. The van der Waals surface area contributed by atoms with Gasteiger partial charge in [0.15, 0.2) is 9.84 Å². The van der Waals surface area contributed by atoms with Gasteiger partial charge in [0.25, 0.3) is 0 Å². The van der Waals surface area contributed by atoms with Crippen molar-refractivity contribution in [1.29, 1.82) is 0 Å². The van der Waals surface area contributed by atoms with Crippen LogP contribution in [0.5, 0.6) is 0 Å². The van der Waals surface area contributed by atoms with E-state index in [-0.39, 0.29) is 30.3 Å². The van der Waals surface area contributed by atoms with Crippen molar-refractivity contribution in [2.75, 3.05) is 11.5 Å². The van der Waals surface area contributed by atoms with Crippen LogP contribution in [0.15, 0.2) is 0 Å². The monoisotopic (exact) mass is 243 g/mol. The SMILES string of the molecule is Cl.NC1(CC(=O)O)CCCS(=O)(=O)C1. The van der Waals surface area contributed by atoms with Gasteiger partial charge in [0.2, 0.25) is 0 Å². The molecular weight excluding hydrogens is 230 g/mol. The summed E-state index contributed by atoms with van der Waals surface area (Å²) < 4.78 is 22.3. The molecule has 0 aromatic heterocycles. The zero-order valence-electron chi connectivity index (χ0n) is 7.60. The van der Waals surface area contributed by atoms with E-state index in [4.69, 9.17) is 10.8 Å². The molecule has 1 heterocycles. The van der Waals surface area contributed by atoms with Crippen LogP contribution in [0.1, 0.15) is 19.3 Å². The molecule has 14 heavy (non-hydrogen) atoms. The van der Waals surface area contributed by atoms with Gasteiger partial charge in [-0.05, 0) is 12.8 Å². The Morgan fingerprint density at radius 2 is 2.07 bits per heavy atom. The first-order valence-corrected chi connectivity index (χ1v) is 5.86. The Balaban J connectivity index is 0.00000169. The zero-order valence-corrected chi connectivity index (χ0v) is 9.23. The van der Waals surface area contributed by atoms with Crippen molar-refractivity contribution < 1.29 is 18.3 Å². The molecule has 1 aliphatic rings. The van der Waals surface area contributed by atoms with Crippen LogP contribution in [0, 0.1) is 0 Å². The molecule has 0 radical (unpaired) electrons. The Morgan fingerprint density at radius 1 is 1.50 bits per heavy atom. The average Bonchev–Trinajstić information content (AvgIpc) is 1.79. The number of hydrogen-bond donors (Lipinski definition) is 2. The summed E-state index contributed by atoms with van der Waals surface area (Å²) in [5.74, 6) is -1.11. The molecule has 0 aromatic carbocycles. The van der Waals surface area contributed by atoms with Crippen molar-refractivity contribution in [3.05, 3.63) is 0 Å². The summed E-state index contributed by atoms with van der Waals surface area (Å²) in [7, 11) is -3.12. The Kier molecular flexibility index (Phi) is 4.35. The molecule has 5 nitrogen and oxygen atoms in total. The van der Waals surface area contributed by atoms with Gasteiger partial charge in [0.1, 0.15) is 0 Å². The number of nitrogens with two attached hydrogens (primary N) is 1. The van der Waals surface area contributed by atoms with Crippen LogP contribution in [0.3, 0.4) is 0 Å². The van der Waals surface area contributed by atoms with Gasteiger partial charge in [-0.1, -0.05) is 0 Å². The molecule has 1 fully saturated rings. The second-order valence-electron chi connectivity index (χ2n) is 3.63. The third-order valence-corrected chi connectivity index (χ3v) is 4.07. The molecule has 0 amide bonds. The number of carbonyl (C=O) groups is 1. The first-order chi connectivity index (χ1) is 5.83. The van der Waals surface area contributed by atoms with Crippen LogP contribution >= 0.6 is 12.4 Å². The maximum Gasteiger partial charge on any atom is 0.305 e. The Labute approximate surface area is 89.0 Å². The molecule has 1 rings (SSSR count). The van der Waals surface area contributed by atoms with Crippen molar-refractivity contribution in [2.24, 2.45) is 5.73 Å². The Bertz CT molecular complexity index is 316. The molecule has 84 valence electrons. The molecule has 0 aromatic rings. The van der Waals surface area contributed by atoms with Gasteiger partial charge in [-0.2, -0.15) is 0 Å². The first kappa shape index (κ1) is 13.7. The molecule has 1 aliphatic heterocycles. The van der Waals surface area contributed by atoms with E-state index in [1.54, 1.807) is 0 Å². The van der Waals surface area contributed by atoms with Crippen LogP contribution in [0.2, 0.25) is 0 Å². The van der Waals surface area contributed by atoms with Crippen molar-refractivity contribution in [3.63, 3.8) is 0 Å². The summed E-state index contributed by atoms with van der Waals surface area (Å²) in [6, 6.07) is 0. The topological polar surface area (TPSA) is 97.5 Å². The van der Waals surface area contributed by atoms with Crippen molar-refractivity contribution in [3.8, 4) is 0 Å². The predicted octanol–water partition coefficient (Wildman–Crippen LogP) is -0.211. The van der Waals surface area contributed by atoms with Crippen molar-refractivity contribution in [1.82, 2.24) is 0 Å². The number of aliphatic carboxylic acids is 1. The molecule has 0 spiro atoms. The number of carboxylic acid groups (broad SMARTS) is 1. The van der Waals surface area contributed by atoms with Crippen LogP contribution in [0.4, 0.5) is 0 Å². The lowest BCUT2D eigenvalue weighted by atomic mass is 9.93. The largest absolute Gasteiger partial charge is 0.481 e. The molecule has 0 aliphatic carbocycles. The zero-order chi connectivity index (χ0) is 10.1. The van der Waals surface area contributed by atoms with Gasteiger partial charge in [-0.3, -0.25) is 4.79 Å². The normalized spacial score (nSPS) is 30.4. The summed E-state index contributed by atoms with van der Waals surface area (Å²) in [5.41, 5.74) is 4.62. The second kappa shape index (κ2) is 4.46. The van der Waals surface area contributed by atoms with Gasteiger partial charge in [0, 0.05) is 5.54 Å². The van der Waals surface area contributed by atoms with E-state index in [0.29, 0.717) is 12.8 Å². The van der Waals surface area contributed by atoms with Crippen LogP contribution in [0.25, 0.3) is 0 Å². The number of halogens is 1. The molecule has 1 atom stereocenters. The fraction of sp³-hybridized carbons (Fsp3) is 0.857. The highest BCUT2D eigenvalue weighted by Crippen LogP contribution is 2.23. The van der Waals surface area contributed by atoms with Crippen LogP contribution in [-0.4, -0.2) is 36.5 Å². The molecule has 0 saturated carbocycles. The standard InChI is InChI=1S/C7H13NO4S.ClH/c8-7(4-6(9)10)2-1-3-13(11,12)5-7;/h1-5,8H2,(H,9,10);1H. The summed E-state index contributed by atoms with van der Waals surface area (Å²) in [6.07, 6.45) is 0.664. The molecule has 3 N–H and O–H groups in total. The van der Waals surface area contributed by atoms with Crippen molar-refractivity contribution >= 4 is 28.2 Å². The van der Waals surface area contributed by atoms with E-state index < -0.39 is 21.3 Å². The van der Waals surface area contributed by atoms with E-state index in [9.17, 15) is 13.2 Å². The third kappa shape index (κ3) is 3.81. The minimum absolute atomic E-state index is 0. The summed E-state index contributed by atoms with van der Waals surface area (Å²) >= 11 is 0. The lowest BCUT2D eigenvalue weighted by Gasteiger charge is -2.31. The molecule has 7 heteroatoms. The van der Waals surface area contributed by atoms with E-state index in [1.165, 1.54) is 0 Å². The number of sulfone groups is 1. The smallest absolute Gasteiger partial charge is 0.305 e. The Morgan fingerprint density at radius 3 is 2.50 bits per heavy atom. The fourth-order valence-electron chi connectivity index (χ4n) is 1.67. The van der Waals surface area contributed by atoms with Gasteiger partial charge in [0.05, 0.1) is 17.9 Å². The summed E-state index contributed by atoms with van der Waals surface area (Å²) in [4.78, 5) is 10.4. The third-order valence-electron chi connectivity index (χ3n) is 2.14. The Hall–Kier alpha value is -0.330. The van der Waals surface area contributed by atoms with Gasteiger partial charge < -0.3 is 10.8 Å². The van der Waals surface area contributed by atoms with Crippen LogP contribution < -0.4 is 5.73 Å². The van der Waals surface area contributed by atoms with Crippen LogP contribution in [-0.2, 0) is 14.6 Å². The minimum atomic E-state index is -3.12. The number of rotatable bonds is 2. The maximum absolute atomic E-state index is 11.2. The minimum Gasteiger partial charge on any atom is -0.481 e. The van der Waals surface area contributed by atoms with E-state index in [2.05, 4.69) is 0 Å². The summed E-state index contributed by atoms with van der Waals surface area (Å²) in [6.45, 7) is 0. The quantitative estimate of drug-likeness (QED) is 0.699. The molecular formula is C7H14ClNO4S. The van der Waals surface area contributed by atoms with Gasteiger partial charge >= 0.3 is 5.97 Å². The average molecular weight is 244 g/mol. The first-order valence-electron chi connectivity index (χ1n) is 4.04. The van der Waals surface area contributed by atoms with Gasteiger partial charge in [-0.25, -0.2) is 8.42 Å². The highest BCUT2D eigenvalue weighted by atomic mass is 35.5. The second-order valence-corrected chi connectivity index (χ2v) is 5.81. The highest BCUT2D eigenvalue weighted by molar-refractivity contribution is 7.91. The highest BCUT2D eigenvalue weighted by Gasteiger charge is 2.37. The molecule has 0 bridgehead atoms. The van der Waals surface area contributed by atoms with E-state index in [0.717, 1.165) is 0 Å². The van der Waals surface area contributed by atoms with E-state index >= 15 is 0 Å². The van der Waals surface area contributed by atoms with E-state index in [1.807, 2.05) is 0 Å². The molecule has 1 unspecified atom stereocenters.